The monoisotopic (exact) mass is 227 g/mol. The van der Waals surface area contributed by atoms with Crippen LogP contribution in [0.1, 0.15) is 0 Å². The van der Waals surface area contributed by atoms with Gasteiger partial charge >= 0.3 is 0 Å². The number of nitrogens with one attached hydrogen (secondary N) is 1. The third-order valence-electron chi connectivity index (χ3n) is 2.00. The summed E-state index contributed by atoms with van der Waals surface area (Å²) in [5.74, 6) is 0. The molecule has 1 N–H and O–H groups in total. The van der Waals surface area contributed by atoms with Gasteiger partial charge in [0, 0.05) is 4.70 Å². The highest BCUT2D eigenvalue weighted by molar-refractivity contribution is 7.89. The first kappa shape index (κ1) is 9.64. The van der Waals surface area contributed by atoms with E-state index in [0.717, 1.165) is 10.1 Å². The lowest BCUT2D eigenvalue weighted by Gasteiger charge is -2.01. The number of rotatable bonds is 2. The SMILES string of the molecule is CNS(=O)(=O)c1ccc2sccc2c1. The lowest BCUT2D eigenvalue weighted by Crippen LogP contribution is -2.18. The summed E-state index contributed by atoms with van der Waals surface area (Å²) in [4.78, 5) is 0.311. The van der Waals surface area contributed by atoms with Crippen LogP contribution in [0.2, 0.25) is 0 Å². The van der Waals surface area contributed by atoms with E-state index in [1.807, 2.05) is 17.5 Å². The van der Waals surface area contributed by atoms with Crippen molar-refractivity contribution in [1.29, 1.82) is 0 Å². The standard InChI is InChI=1S/C9H9NO2S2/c1-10-14(11,12)8-2-3-9-7(6-8)4-5-13-9/h2-6,10H,1H3. The first-order valence-electron chi connectivity index (χ1n) is 4.04. The average Bonchev–Trinajstić information content (AvgIpc) is 2.64. The first-order valence-corrected chi connectivity index (χ1v) is 6.40. The van der Waals surface area contributed by atoms with Crippen molar-refractivity contribution in [3.8, 4) is 0 Å². The fraction of sp³-hybridized carbons (Fsp3) is 0.111. The molecule has 0 amide bonds. The number of fused-ring (bicyclic) bond motifs is 1. The molecule has 0 aliphatic rings. The Hall–Kier alpha value is -0.910. The zero-order valence-electron chi connectivity index (χ0n) is 7.52. The Morgan fingerprint density at radius 1 is 1.29 bits per heavy atom. The van der Waals surface area contributed by atoms with Crippen molar-refractivity contribution >= 4 is 31.4 Å². The molecule has 1 heterocycles. The molecule has 74 valence electrons. The normalized spacial score (nSPS) is 12.1. The van der Waals surface area contributed by atoms with E-state index in [1.54, 1.807) is 23.5 Å². The molecule has 0 fully saturated rings. The van der Waals surface area contributed by atoms with Crippen molar-refractivity contribution < 1.29 is 8.42 Å². The second-order valence-corrected chi connectivity index (χ2v) is 5.66. The molecule has 0 aliphatic carbocycles. The maximum Gasteiger partial charge on any atom is 0.240 e. The van der Waals surface area contributed by atoms with Crippen LogP contribution in [0.25, 0.3) is 10.1 Å². The molecule has 2 aromatic rings. The fourth-order valence-corrected chi connectivity index (χ4v) is 2.77. The van der Waals surface area contributed by atoms with Crippen molar-refractivity contribution in [1.82, 2.24) is 4.72 Å². The second kappa shape index (κ2) is 3.34. The zero-order valence-corrected chi connectivity index (χ0v) is 9.15. The van der Waals surface area contributed by atoms with Crippen LogP contribution in [0.5, 0.6) is 0 Å². The molecule has 5 heteroatoms. The molecule has 0 aliphatic heterocycles. The summed E-state index contributed by atoms with van der Waals surface area (Å²) in [6, 6.07) is 7.03. The van der Waals surface area contributed by atoms with Crippen molar-refractivity contribution in [2.75, 3.05) is 7.05 Å². The first-order chi connectivity index (χ1) is 6.63. The molecule has 0 saturated heterocycles. The maximum atomic E-state index is 11.5. The average molecular weight is 227 g/mol. The van der Waals surface area contributed by atoms with Gasteiger partial charge in [-0.25, -0.2) is 13.1 Å². The van der Waals surface area contributed by atoms with Gasteiger partial charge < -0.3 is 0 Å². The van der Waals surface area contributed by atoms with Crippen molar-refractivity contribution in [3.05, 3.63) is 29.6 Å². The van der Waals surface area contributed by atoms with E-state index in [1.165, 1.54) is 7.05 Å². The highest BCUT2D eigenvalue weighted by atomic mass is 32.2. The summed E-state index contributed by atoms with van der Waals surface area (Å²) in [6.07, 6.45) is 0. The number of benzene rings is 1. The molecule has 0 saturated carbocycles. The summed E-state index contributed by atoms with van der Waals surface area (Å²) in [7, 11) is -1.90. The van der Waals surface area contributed by atoms with Crippen LogP contribution >= 0.6 is 11.3 Å². The molecule has 0 spiro atoms. The minimum atomic E-state index is -3.31. The van der Waals surface area contributed by atoms with Gasteiger partial charge in [-0.05, 0) is 42.1 Å². The number of thiophene rings is 1. The molecule has 2 rings (SSSR count). The Kier molecular flexibility index (Phi) is 2.30. The summed E-state index contributed by atoms with van der Waals surface area (Å²) < 4.78 is 26.3. The number of hydrogen-bond acceptors (Lipinski definition) is 3. The van der Waals surface area contributed by atoms with E-state index in [-0.39, 0.29) is 0 Å². The zero-order chi connectivity index (χ0) is 10.2. The molecule has 0 bridgehead atoms. The lowest BCUT2D eigenvalue weighted by molar-refractivity contribution is 0.588. The molecule has 0 radical (unpaired) electrons. The van der Waals surface area contributed by atoms with Gasteiger partial charge in [0.2, 0.25) is 10.0 Å². The fourth-order valence-electron chi connectivity index (χ4n) is 1.23. The van der Waals surface area contributed by atoms with Gasteiger partial charge in [0.05, 0.1) is 4.90 Å². The number of hydrogen-bond donors (Lipinski definition) is 1. The topological polar surface area (TPSA) is 46.2 Å². The van der Waals surface area contributed by atoms with Crippen molar-refractivity contribution in [2.24, 2.45) is 0 Å². The van der Waals surface area contributed by atoms with Gasteiger partial charge in [0.1, 0.15) is 0 Å². The highest BCUT2D eigenvalue weighted by Crippen LogP contribution is 2.23. The van der Waals surface area contributed by atoms with E-state index in [2.05, 4.69) is 4.72 Å². The third-order valence-corrected chi connectivity index (χ3v) is 4.31. The molecule has 14 heavy (non-hydrogen) atoms. The molecule has 0 unspecified atom stereocenters. The van der Waals surface area contributed by atoms with E-state index in [4.69, 9.17) is 0 Å². The Bertz CT molecular complexity index is 557. The molecule has 1 aromatic heterocycles. The minimum absolute atomic E-state index is 0.311. The summed E-state index contributed by atoms with van der Waals surface area (Å²) in [6.45, 7) is 0. The Labute approximate surface area is 86.4 Å². The maximum absolute atomic E-state index is 11.5. The van der Waals surface area contributed by atoms with Gasteiger partial charge in [0.25, 0.3) is 0 Å². The third kappa shape index (κ3) is 1.54. The highest BCUT2D eigenvalue weighted by Gasteiger charge is 2.11. The molecule has 3 nitrogen and oxygen atoms in total. The largest absolute Gasteiger partial charge is 0.240 e. The van der Waals surface area contributed by atoms with Crippen molar-refractivity contribution in [2.45, 2.75) is 4.90 Å². The molecular weight excluding hydrogens is 218 g/mol. The molecule has 0 atom stereocenters. The van der Waals surface area contributed by atoms with E-state index < -0.39 is 10.0 Å². The summed E-state index contributed by atoms with van der Waals surface area (Å²) >= 11 is 1.60. The molecular formula is C9H9NO2S2. The Morgan fingerprint density at radius 2 is 2.07 bits per heavy atom. The van der Waals surface area contributed by atoms with Crippen LogP contribution < -0.4 is 4.72 Å². The summed E-state index contributed by atoms with van der Waals surface area (Å²) in [5, 5.41) is 2.91. The van der Waals surface area contributed by atoms with E-state index in [9.17, 15) is 8.42 Å². The van der Waals surface area contributed by atoms with Gasteiger partial charge in [-0.2, -0.15) is 0 Å². The van der Waals surface area contributed by atoms with Crippen LogP contribution in [0.15, 0.2) is 34.5 Å². The van der Waals surface area contributed by atoms with E-state index in [0.29, 0.717) is 4.90 Å². The van der Waals surface area contributed by atoms with Crippen LogP contribution in [0, 0.1) is 0 Å². The van der Waals surface area contributed by atoms with Crippen molar-refractivity contribution in [3.63, 3.8) is 0 Å². The van der Waals surface area contributed by atoms with Gasteiger partial charge in [0.15, 0.2) is 0 Å². The second-order valence-electron chi connectivity index (χ2n) is 2.83. The Balaban J connectivity index is 2.65. The Morgan fingerprint density at radius 3 is 2.79 bits per heavy atom. The molecule has 1 aromatic carbocycles. The smallest absolute Gasteiger partial charge is 0.214 e. The lowest BCUT2D eigenvalue weighted by atomic mass is 10.3. The van der Waals surface area contributed by atoms with Crippen LogP contribution in [0.4, 0.5) is 0 Å². The van der Waals surface area contributed by atoms with Gasteiger partial charge in [-0.15, -0.1) is 11.3 Å². The predicted octanol–water partition coefficient (Wildman–Crippen LogP) is 1.81. The van der Waals surface area contributed by atoms with Crippen LogP contribution in [-0.2, 0) is 10.0 Å². The quantitative estimate of drug-likeness (QED) is 0.850. The van der Waals surface area contributed by atoms with Crippen LogP contribution in [0.3, 0.4) is 0 Å². The minimum Gasteiger partial charge on any atom is -0.214 e. The predicted molar refractivity (Wildman–Crippen MR) is 58.1 cm³/mol. The van der Waals surface area contributed by atoms with Gasteiger partial charge in [-0.3, -0.25) is 0 Å². The van der Waals surface area contributed by atoms with Crippen LogP contribution in [-0.4, -0.2) is 15.5 Å². The van der Waals surface area contributed by atoms with Gasteiger partial charge in [-0.1, -0.05) is 0 Å². The van der Waals surface area contributed by atoms with E-state index >= 15 is 0 Å². The number of sulfonamides is 1. The summed E-state index contributed by atoms with van der Waals surface area (Å²) in [5.41, 5.74) is 0.